The number of nitrogens with two attached hydrogens (primary N) is 1. The Morgan fingerprint density at radius 3 is 2.73 bits per heavy atom. The number of hydrogen-bond donors (Lipinski definition) is 3. The largest absolute Gasteiger partial charge is 0.383 e. The first kappa shape index (κ1) is 8.45. The standard InChI is InChI=1S/C5H9ClN4O/c1-2(7)3(11)4-8-5(6)10-9-4/h2-3,11H,7H2,1H3,(H,8,9,10). The zero-order chi connectivity index (χ0) is 8.43. The second-order valence-electron chi connectivity index (χ2n) is 2.29. The average molecular weight is 177 g/mol. The van der Waals surface area contributed by atoms with Gasteiger partial charge in [-0.25, -0.2) is 0 Å². The first-order valence-corrected chi connectivity index (χ1v) is 3.50. The molecule has 1 aromatic heterocycles. The predicted molar refractivity (Wildman–Crippen MR) is 40.0 cm³/mol. The van der Waals surface area contributed by atoms with Gasteiger partial charge in [-0.05, 0) is 18.5 Å². The maximum atomic E-state index is 9.29. The van der Waals surface area contributed by atoms with Gasteiger partial charge >= 0.3 is 0 Å². The smallest absolute Gasteiger partial charge is 0.242 e. The number of aliphatic hydroxyl groups is 1. The Kier molecular flexibility index (Phi) is 2.43. The van der Waals surface area contributed by atoms with E-state index < -0.39 is 6.10 Å². The summed E-state index contributed by atoms with van der Waals surface area (Å²) >= 11 is 5.40. The molecule has 0 aliphatic carbocycles. The van der Waals surface area contributed by atoms with Gasteiger partial charge in [0.25, 0.3) is 0 Å². The van der Waals surface area contributed by atoms with Crippen LogP contribution in [0.1, 0.15) is 18.9 Å². The second kappa shape index (κ2) is 3.17. The van der Waals surface area contributed by atoms with Crippen LogP contribution in [0.3, 0.4) is 0 Å². The highest BCUT2D eigenvalue weighted by atomic mass is 35.5. The summed E-state index contributed by atoms with van der Waals surface area (Å²) in [7, 11) is 0. The van der Waals surface area contributed by atoms with E-state index in [4.69, 9.17) is 17.3 Å². The Morgan fingerprint density at radius 2 is 2.36 bits per heavy atom. The van der Waals surface area contributed by atoms with Crippen molar-refractivity contribution in [1.29, 1.82) is 0 Å². The molecule has 0 fully saturated rings. The van der Waals surface area contributed by atoms with Crippen molar-refractivity contribution in [3.8, 4) is 0 Å². The van der Waals surface area contributed by atoms with Crippen molar-refractivity contribution in [1.82, 2.24) is 15.2 Å². The van der Waals surface area contributed by atoms with Crippen LogP contribution in [-0.4, -0.2) is 26.3 Å². The fourth-order valence-corrected chi connectivity index (χ4v) is 0.767. The van der Waals surface area contributed by atoms with Crippen molar-refractivity contribution >= 4 is 11.6 Å². The zero-order valence-electron chi connectivity index (χ0n) is 5.95. The van der Waals surface area contributed by atoms with Gasteiger partial charge in [0.05, 0.1) is 0 Å². The molecule has 1 rings (SSSR count). The zero-order valence-corrected chi connectivity index (χ0v) is 6.71. The number of nitrogens with zero attached hydrogens (tertiary/aromatic N) is 2. The minimum Gasteiger partial charge on any atom is -0.383 e. The van der Waals surface area contributed by atoms with Crippen LogP contribution < -0.4 is 5.73 Å². The van der Waals surface area contributed by atoms with E-state index in [1.807, 2.05) is 0 Å². The summed E-state index contributed by atoms with van der Waals surface area (Å²) in [5.74, 6) is 0.296. The number of hydrogen-bond acceptors (Lipinski definition) is 4. The van der Waals surface area contributed by atoms with E-state index in [-0.39, 0.29) is 11.3 Å². The normalized spacial score (nSPS) is 16.4. The quantitative estimate of drug-likeness (QED) is 0.584. The lowest BCUT2D eigenvalue weighted by Gasteiger charge is -2.09. The molecule has 0 aromatic carbocycles. The predicted octanol–water partition coefficient (Wildman–Crippen LogP) is -0.161. The van der Waals surface area contributed by atoms with Gasteiger partial charge in [0.1, 0.15) is 6.10 Å². The summed E-state index contributed by atoms with van der Waals surface area (Å²) in [4.78, 5) is 3.70. The van der Waals surface area contributed by atoms with Gasteiger partial charge in [0.15, 0.2) is 5.82 Å². The molecule has 0 spiro atoms. The monoisotopic (exact) mass is 176 g/mol. The van der Waals surface area contributed by atoms with Gasteiger partial charge in [0, 0.05) is 6.04 Å². The molecule has 0 saturated carbocycles. The lowest BCUT2D eigenvalue weighted by Crippen LogP contribution is -2.25. The highest BCUT2D eigenvalue weighted by molar-refractivity contribution is 6.28. The summed E-state index contributed by atoms with van der Waals surface area (Å²) in [6.07, 6.45) is -0.838. The number of halogens is 1. The third-order valence-electron chi connectivity index (χ3n) is 1.25. The van der Waals surface area contributed by atoms with Gasteiger partial charge in [-0.2, -0.15) is 4.98 Å². The molecule has 5 nitrogen and oxygen atoms in total. The Hall–Kier alpha value is -0.650. The summed E-state index contributed by atoms with van der Waals surface area (Å²) < 4.78 is 0. The van der Waals surface area contributed by atoms with E-state index in [1.54, 1.807) is 6.92 Å². The molecule has 0 bridgehead atoms. The lowest BCUT2D eigenvalue weighted by molar-refractivity contribution is 0.144. The molecule has 0 saturated heterocycles. The fraction of sp³-hybridized carbons (Fsp3) is 0.600. The van der Waals surface area contributed by atoms with Gasteiger partial charge in [-0.15, -0.1) is 5.10 Å². The summed E-state index contributed by atoms with van der Waals surface area (Å²) in [6.45, 7) is 1.67. The number of nitrogens with one attached hydrogen (secondary N) is 1. The van der Waals surface area contributed by atoms with Crippen LogP contribution in [0.2, 0.25) is 5.28 Å². The topological polar surface area (TPSA) is 87.8 Å². The lowest BCUT2D eigenvalue weighted by atomic mass is 10.2. The van der Waals surface area contributed by atoms with E-state index in [9.17, 15) is 5.11 Å². The van der Waals surface area contributed by atoms with Crippen LogP contribution in [-0.2, 0) is 0 Å². The van der Waals surface area contributed by atoms with E-state index in [1.165, 1.54) is 0 Å². The third-order valence-corrected chi connectivity index (χ3v) is 1.42. The number of H-pyrrole nitrogens is 1. The fourth-order valence-electron chi connectivity index (χ4n) is 0.634. The molecule has 2 atom stereocenters. The molecule has 0 aliphatic rings. The second-order valence-corrected chi connectivity index (χ2v) is 2.63. The van der Waals surface area contributed by atoms with Crippen LogP contribution >= 0.6 is 11.6 Å². The molecule has 4 N–H and O–H groups in total. The molecule has 1 heterocycles. The van der Waals surface area contributed by atoms with Gasteiger partial charge in [0.2, 0.25) is 5.28 Å². The molecule has 62 valence electrons. The maximum absolute atomic E-state index is 9.29. The van der Waals surface area contributed by atoms with Crippen LogP contribution in [0.15, 0.2) is 0 Å². The van der Waals surface area contributed by atoms with Gasteiger partial charge < -0.3 is 10.8 Å². The number of aromatic amines is 1. The SMILES string of the molecule is CC(N)C(O)c1nc(Cl)n[nH]1. The molecule has 0 aliphatic heterocycles. The molecule has 0 amide bonds. The molecule has 11 heavy (non-hydrogen) atoms. The Balaban J connectivity index is 2.76. The minimum atomic E-state index is -0.838. The Bertz CT molecular complexity index is 236. The molecule has 6 heteroatoms. The van der Waals surface area contributed by atoms with E-state index in [0.29, 0.717) is 5.82 Å². The number of aliphatic hydroxyl groups excluding tert-OH is 1. The average Bonchev–Trinajstić information content (AvgIpc) is 2.34. The van der Waals surface area contributed by atoms with Gasteiger partial charge in [-0.1, -0.05) is 0 Å². The minimum absolute atomic E-state index is 0.0831. The summed E-state index contributed by atoms with van der Waals surface area (Å²) in [5, 5.41) is 15.4. The molecule has 1 aromatic rings. The van der Waals surface area contributed by atoms with E-state index in [2.05, 4.69) is 15.2 Å². The number of aromatic nitrogens is 3. The van der Waals surface area contributed by atoms with Crippen molar-refractivity contribution in [2.75, 3.05) is 0 Å². The van der Waals surface area contributed by atoms with Crippen molar-refractivity contribution < 1.29 is 5.11 Å². The van der Waals surface area contributed by atoms with Crippen LogP contribution in [0.4, 0.5) is 0 Å². The van der Waals surface area contributed by atoms with E-state index >= 15 is 0 Å². The highest BCUT2D eigenvalue weighted by Crippen LogP contribution is 2.11. The molecule has 2 unspecified atom stereocenters. The molecule has 0 radical (unpaired) electrons. The first-order chi connectivity index (χ1) is 5.11. The van der Waals surface area contributed by atoms with Crippen LogP contribution in [0.5, 0.6) is 0 Å². The van der Waals surface area contributed by atoms with Gasteiger partial charge in [-0.3, -0.25) is 5.10 Å². The molecular weight excluding hydrogens is 168 g/mol. The Labute approximate surface area is 68.6 Å². The first-order valence-electron chi connectivity index (χ1n) is 3.12. The van der Waals surface area contributed by atoms with Crippen molar-refractivity contribution in [2.45, 2.75) is 19.1 Å². The summed E-state index contributed by atoms with van der Waals surface area (Å²) in [5.41, 5.74) is 5.40. The van der Waals surface area contributed by atoms with Crippen molar-refractivity contribution in [3.63, 3.8) is 0 Å². The Morgan fingerprint density at radius 1 is 1.73 bits per heavy atom. The van der Waals surface area contributed by atoms with Crippen molar-refractivity contribution in [3.05, 3.63) is 11.1 Å². The van der Waals surface area contributed by atoms with Crippen molar-refractivity contribution in [2.24, 2.45) is 5.73 Å². The van der Waals surface area contributed by atoms with Crippen LogP contribution in [0.25, 0.3) is 0 Å². The van der Waals surface area contributed by atoms with E-state index in [0.717, 1.165) is 0 Å². The maximum Gasteiger partial charge on any atom is 0.242 e. The highest BCUT2D eigenvalue weighted by Gasteiger charge is 2.15. The van der Waals surface area contributed by atoms with Crippen LogP contribution in [0, 0.1) is 0 Å². The number of rotatable bonds is 2. The third kappa shape index (κ3) is 1.89. The molecular formula is C5H9ClN4O. The summed E-state index contributed by atoms with van der Waals surface area (Å²) in [6, 6.07) is -0.390.